The Morgan fingerprint density at radius 2 is 1.94 bits per heavy atom. The van der Waals surface area contributed by atoms with E-state index in [0.29, 0.717) is 30.3 Å². The predicted octanol–water partition coefficient (Wildman–Crippen LogP) is 5.09. The van der Waals surface area contributed by atoms with Crippen LogP contribution in [0, 0.1) is 6.92 Å². The highest BCUT2D eigenvalue weighted by atomic mass is 16.6. The van der Waals surface area contributed by atoms with Crippen molar-refractivity contribution in [2.24, 2.45) is 0 Å². The quantitative estimate of drug-likeness (QED) is 0.629. The predicted molar refractivity (Wildman–Crippen MR) is 126 cm³/mol. The highest BCUT2D eigenvalue weighted by molar-refractivity contribution is 5.96. The summed E-state index contributed by atoms with van der Waals surface area (Å²) in [6.07, 6.45) is 1.29. The SMILES string of the molecule is CCC(NC(=O)OC(C)(C)C)C(=O)Nc1ccc(Oc2ccc(C)c3c2C(C)(C)CO3)nc1. The second kappa shape index (κ2) is 9.29. The summed E-state index contributed by atoms with van der Waals surface area (Å²) in [5, 5.41) is 5.36. The van der Waals surface area contributed by atoms with Crippen LogP contribution in [-0.2, 0) is 14.9 Å². The fourth-order valence-electron chi connectivity index (χ4n) is 3.56. The second-order valence-electron chi connectivity index (χ2n) is 9.84. The Kier molecular flexibility index (Phi) is 6.86. The molecular formula is C25H33N3O5. The molecule has 1 aromatic heterocycles. The van der Waals surface area contributed by atoms with E-state index in [1.54, 1.807) is 32.9 Å². The largest absolute Gasteiger partial charge is 0.492 e. The van der Waals surface area contributed by atoms with Crippen LogP contribution >= 0.6 is 0 Å². The van der Waals surface area contributed by atoms with Crippen molar-refractivity contribution in [3.63, 3.8) is 0 Å². The lowest BCUT2D eigenvalue weighted by Gasteiger charge is -2.22. The number of amides is 2. The summed E-state index contributed by atoms with van der Waals surface area (Å²) in [7, 11) is 0. The molecule has 1 aliphatic heterocycles. The molecule has 8 nitrogen and oxygen atoms in total. The Hall–Kier alpha value is -3.29. The zero-order chi connectivity index (χ0) is 24.4. The first kappa shape index (κ1) is 24.4. The number of ether oxygens (including phenoxy) is 3. The van der Waals surface area contributed by atoms with Crippen LogP contribution in [0.3, 0.4) is 0 Å². The first-order valence-corrected chi connectivity index (χ1v) is 11.1. The van der Waals surface area contributed by atoms with Gasteiger partial charge in [0.15, 0.2) is 0 Å². The first-order chi connectivity index (χ1) is 15.4. The third-order valence-corrected chi connectivity index (χ3v) is 5.20. The molecule has 3 rings (SSSR count). The average Bonchev–Trinajstić information content (AvgIpc) is 3.04. The van der Waals surface area contributed by atoms with E-state index in [2.05, 4.69) is 29.5 Å². The van der Waals surface area contributed by atoms with Crippen molar-refractivity contribution in [1.82, 2.24) is 10.3 Å². The summed E-state index contributed by atoms with van der Waals surface area (Å²) in [5.74, 6) is 1.62. The van der Waals surface area contributed by atoms with Crippen molar-refractivity contribution in [1.29, 1.82) is 0 Å². The number of fused-ring (bicyclic) bond motifs is 1. The van der Waals surface area contributed by atoms with E-state index >= 15 is 0 Å². The summed E-state index contributed by atoms with van der Waals surface area (Å²) in [6, 6.07) is 6.56. The number of carbonyl (C=O) groups is 2. The molecule has 2 heterocycles. The van der Waals surface area contributed by atoms with Gasteiger partial charge in [0.25, 0.3) is 0 Å². The number of aromatic nitrogens is 1. The zero-order valence-electron chi connectivity index (χ0n) is 20.4. The van der Waals surface area contributed by atoms with Gasteiger partial charge in [0, 0.05) is 17.0 Å². The number of alkyl carbamates (subject to hydrolysis) is 1. The Bertz CT molecular complexity index is 1030. The standard InChI is InChI=1S/C25H33N3O5/c1-8-17(28-23(30)33-24(3,4)5)22(29)27-16-10-12-19(26-13-16)32-18-11-9-15(2)21-20(18)25(6,7)14-31-21/h9-13,17H,8,14H2,1-7H3,(H,27,29)(H,28,30). The lowest BCUT2D eigenvalue weighted by atomic mass is 9.85. The van der Waals surface area contributed by atoms with Gasteiger partial charge in [0.2, 0.25) is 11.8 Å². The second-order valence-corrected chi connectivity index (χ2v) is 9.84. The minimum atomic E-state index is -0.729. The molecule has 2 amide bonds. The average molecular weight is 456 g/mol. The summed E-state index contributed by atoms with van der Waals surface area (Å²) in [5.41, 5.74) is 1.79. The number of rotatable bonds is 6. The number of pyridine rings is 1. The van der Waals surface area contributed by atoms with Crippen LogP contribution in [0.15, 0.2) is 30.5 Å². The molecular weight excluding hydrogens is 422 g/mol. The van der Waals surface area contributed by atoms with Gasteiger partial charge in [-0.15, -0.1) is 0 Å². The van der Waals surface area contributed by atoms with Gasteiger partial charge in [-0.05, 0) is 51.8 Å². The Labute approximate surface area is 195 Å². The Morgan fingerprint density at radius 1 is 1.21 bits per heavy atom. The third kappa shape index (κ3) is 5.94. The molecule has 0 bridgehead atoms. The molecule has 0 saturated heterocycles. The Morgan fingerprint density at radius 3 is 2.55 bits per heavy atom. The molecule has 0 spiro atoms. The van der Waals surface area contributed by atoms with Gasteiger partial charge in [-0.3, -0.25) is 4.79 Å². The first-order valence-electron chi connectivity index (χ1n) is 11.1. The molecule has 0 fully saturated rings. The van der Waals surface area contributed by atoms with Crippen molar-refractivity contribution in [3.05, 3.63) is 41.6 Å². The van der Waals surface area contributed by atoms with Gasteiger partial charge in [-0.25, -0.2) is 9.78 Å². The Balaban J connectivity index is 1.66. The molecule has 8 heteroatoms. The van der Waals surface area contributed by atoms with E-state index in [-0.39, 0.29) is 11.3 Å². The molecule has 0 saturated carbocycles. The van der Waals surface area contributed by atoms with Crippen LogP contribution < -0.4 is 20.1 Å². The number of nitrogens with one attached hydrogen (secondary N) is 2. The molecule has 1 aliphatic rings. The summed E-state index contributed by atoms with van der Waals surface area (Å²) in [4.78, 5) is 28.9. The van der Waals surface area contributed by atoms with E-state index in [9.17, 15) is 9.59 Å². The molecule has 33 heavy (non-hydrogen) atoms. The number of benzene rings is 1. The van der Waals surface area contributed by atoms with Crippen molar-refractivity contribution in [2.75, 3.05) is 11.9 Å². The summed E-state index contributed by atoms with van der Waals surface area (Å²) in [6.45, 7) is 13.9. The third-order valence-electron chi connectivity index (χ3n) is 5.20. The van der Waals surface area contributed by atoms with Crippen LogP contribution in [0.1, 0.15) is 59.1 Å². The normalized spacial score (nSPS) is 15.1. The smallest absolute Gasteiger partial charge is 0.408 e. The van der Waals surface area contributed by atoms with Gasteiger partial charge in [0.05, 0.1) is 18.5 Å². The lowest BCUT2D eigenvalue weighted by Crippen LogP contribution is -2.45. The van der Waals surface area contributed by atoms with Gasteiger partial charge >= 0.3 is 6.09 Å². The molecule has 1 unspecified atom stereocenters. The van der Waals surface area contributed by atoms with E-state index in [1.165, 1.54) is 6.20 Å². The number of anilines is 1. The van der Waals surface area contributed by atoms with E-state index in [1.807, 2.05) is 26.0 Å². The summed E-state index contributed by atoms with van der Waals surface area (Å²) >= 11 is 0. The number of hydrogen-bond acceptors (Lipinski definition) is 6. The molecule has 0 radical (unpaired) electrons. The van der Waals surface area contributed by atoms with Crippen molar-refractivity contribution >= 4 is 17.7 Å². The minimum absolute atomic E-state index is 0.166. The fraction of sp³-hybridized carbons (Fsp3) is 0.480. The zero-order valence-corrected chi connectivity index (χ0v) is 20.4. The highest BCUT2D eigenvalue weighted by Crippen LogP contribution is 2.46. The number of carbonyl (C=O) groups excluding carboxylic acids is 2. The molecule has 0 aliphatic carbocycles. The number of aryl methyl sites for hydroxylation is 1. The van der Waals surface area contributed by atoms with Crippen LogP contribution in [0.25, 0.3) is 0 Å². The van der Waals surface area contributed by atoms with E-state index in [0.717, 1.165) is 16.9 Å². The minimum Gasteiger partial charge on any atom is -0.492 e. The molecule has 2 N–H and O–H groups in total. The topological polar surface area (TPSA) is 98.8 Å². The summed E-state index contributed by atoms with van der Waals surface area (Å²) < 4.78 is 17.2. The maximum Gasteiger partial charge on any atom is 0.408 e. The van der Waals surface area contributed by atoms with Crippen LogP contribution in [0.5, 0.6) is 17.4 Å². The molecule has 1 atom stereocenters. The van der Waals surface area contributed by atoms with E-state index < -0.39 is 17.7 Å². The van der Waals surface area contributed by atoms with Gasteiger partial charge in [-0.2, -0.15) is 0 Å². The number of nitrogens with zero attached hydrogens (tertiary/aromatic N) is 1. The maximum atomic E-state index is 12.6. The molecule has 1 aromatic carbocycles. The van der Waals surface area contributed by atoms with Crippen molar-refractivity contribution < 1.29 is 23.8 Å². The highest BCUT2D eigenvalue weighted by Gasteiger charge is 2.36. The van der Waals surface area contributed by atoms with Crippen LogP contribution in [0.4, 0.5) is 10.5 Å². The van der Waals surface area contributed by atoms with Crippen molar-refractivity contribution in [2.45, 2.75) is 71.9 Å². The van der Waals surface area contributed by atoms with Crippen LogP contribution in [-0.4, -0.2) is 35.2 Å². The lowest BCUT2D eigenvalue weighted by molar-refractivity contribution is -0.118. The fourth-order valence-corrected chi connectivity index (χ4v) is 3.56. The van der Waals surface area contributed by atoms with E-state index in [4.69, 9.17) is 14.2 Å². The molecule has 178 valence electrons. The van der Waals surface area contributed by atoms with Gasteiger partial charge in [0.1, 0.15) is 23.1 Å². The molecule has 2 aromatic rings. The van der Waals surface area contributed by atoms with Crippen LogP contribution in [0.2, 0.25) is 0 Å². The van der Waals surface area contributed by atoms with Gasteiger partial charge < -0.3 is 24.8 Å². The monoisotopic (exact) mass is 455 g/mol. The number of hydrogen-bond donors (Lipinski definition) is 2. The maximum absolute atomic E-state index is 12.6. The van der Waals surface area contributed by atoms with Gasteiger partial charge in [-0.1, -0.05) is 26.8 Å². The van der Waals surface area contributed by atoms with Crippen molar-refractivity contribution in [3.8, 4) is 17.4 Å².